The van der Waals surface area contributed by atoms with Gasteiger partial charge >= 0.3 is 0 Å². The van der Waals surface area contributed by atoms with Crippen LogP contribution in [-0.2, 0) is 47.5 Å². The summed E-state index contributed by atoms with van der Waals surface area (Å²) in [6.45, 7) is 16.8. The average Bonchev–Trinajstić information content (AvgIpc) is 4.39. The Labute approximate surface area is 471 Å². The molecule has 2 saturated heterocycles. The standard InChI is InChI=1S/C35H53ClO4Si2.C28H35ClO6/c1-9-31-24(2)32(39-41(3,4)5)33(40-42(6,7)8)35(37,38-31)29-14-15-30(36)28(23-29)22-25-10-12-26(13-11-25)27-16-18-34(19-17-27)20-21-34;1-34-28(26(33)25(32)24(31)23(16-30)35-28)21-6-7-22(29)20(15-21)14-17-2-4-18(5-3-17)19-8-10-27(11-9-19)12-13-27/h10-15,23-24,27,31-33,37H,9,16-22H2,1-8H3;2-7,15,19,23-26,30-33H,8-14,16H2,1H3/t24-,31-,32+,33-,35?;23-,24-,25+,26-,28?/m11/s1. The molecule has 2 unspecified atom stereocenters. The molecule has 4 aliphatic carbocycles. The van der Waals surface area contributed by atoms with E-state index in [1.807, 2.05) is 18.2 Å². The van der Waals surface area contributed by atoms with Gasteiger partial charge in [-0.3, -0.25) is 0 Å². The van der Waals surface area contributed by atoms with Crippen LogP contribution >= 0.6 is 23.2 Å². The third-order valence-electron chi connectivity index (χ3n) is 18.4. The number of ether oxygens (including phenoxy) is 3. The third kappa shape index (κ3) is 13.2. The van der Waals surface area contributed by atoms with Crippen molar-refractivity contribution in [3.63, 3.8) is 0 Å². The lowest BCUT2D eigenvalue weighted by molar-refractivity contribution is -0.366. The normalized spacial score (nSPS) is 31.9. The van der Waals surface area contributed by atoms with E-state index in [-0.39, 0.29) is 18.1 Å². The molecule has 6 aliphatic rings. The summed E-state index contributed by atoms with van der Waals surface area (Å²) in [5.41, 5.74) is 9.56. The van der Waals surface area contributed by atoms with E-state index in [0.29, 0.717) is 51.3 Å². The minimum atomic E-state index is -2.09. The van der Waals surface area contributed by atoms with E-state index in [0.717, 1.165) is 28.5 Å². The van der Waals surface area contributed by atoms with Gasteiger partial charge in [0.25, 0.3) is 0 Å². The second kappa shape index (κ2) is 23.4. The van der Waals surface area contributed by atoms with Gasteiger partial charge in [0.2, 0.25) is 11.6 Å². The number of hydrogen-bond acceptors (Lipinski definition) is 10. The Bertz CT molecular complexity index is 2610. The highest BCUT2D eigenvalue weighted by molar-refractivity contribution is 6.70. The summed E-state index contributed by atoms with van der Waals surface area (Å²) in [6.07, 6.45) is 11.8. The SMILES string of the molecule is CC[C@H]1OC(O)(c2ccc(Cl)c(Cc3ccc(C4CCC5(CC4)CC5)cc3)c2)[C@H](O[Si](C)(C)C)[C@@H](O[Si](C)(C)C)[C@@H]1C.COC1(c2ccc(Cl)c(Cc3ccc(C4CCC5(CC4)CC5)cc3)c2)O[C@H](CO)[C@@H](O)[C@H](O)[C@H]1O. The first-order valence-corrected chi connectivity index (χ1v) is 36.4. The number of aliphatic hydroxyl groups is 5. The zero-order valence-electron chi connectivity index (χ0n) is 47.2. The van der Waals surface area contributed by atoms with Gasteiger partial charge in [-0.25, -0.2) is 0 Å². The summed E-state index contributed by atoms with van der Waals surface area (Å²) in [6, 6.07) is 28.9. The molecule has 14 heteroatoms. The number of rotatable bonds is 15. The Morgan fingerprint density at radius 3 is 1.47 bits per heavy atom. The van der Waals surface area contributed by atoms with E-state index < -0.39 is 65.3 Å². The van der Waals surface area contributed by atoms with Crippen molar-refractivity contribution in [1.82, 2.24) is 0 Å². The Hall–Kier alpha value is -2.51. The Morgan fingerprint density at radius 2 is 1.05 bits per heavy atom. The van der Waals surface area contributed by atoms with Gasteiger partial charge in [0, 0.05) is 34.2 Å². The van der Waals surface area contributed by atoms with Crippen LogP contribution in [-0.4, -0.2) is 98.6 Å². The molecule has 2 spiro atoms. The summed E-state index contributed by atoms with van der Waals surface area (Å²) in [5.74, 6) is -1.96. The summed E-state index contributed by atoms with van der Waals surface area (Å²) in [7, 11) is -2.69. The van der Waals surface area contributed by atoms with E-state index in [9.17, 15) is 25.5 Å². The van der Waals surface area contributed by atoms with Crippen molar-refractivity contribution >= 4 is 39.8 Å². The largest absolute Gasteiger partial charge is 0.412 e. The summed E-state index contributed by atoms with van der Waals surface area (Å²) >= 11 is 13.3. The fourth-order valence-corrected chi connectivity index (χ4v) is 15.7. The summed E-state index contributed by atoms with van der Waals surface area (Å²) < 4.78 is 31.6. The topological polar surface area (TPSA) is 147 Å². The maximum atomic E-state index is 12.5. The molecule has 4 aromatic rings. The highest BCUT2D eigenvalue weighted by Crippen LogP contribution is 2.59. The molecule has 10 nitrogen and oxygen atoms in total. The molecule has 0 bridgehead atoms. The number of hydrogen-bond donors (Lipinski definition) is 5. The predicted molar refractivity (Wildman–Crippen MR) is 310 cm³/mol. The van der Waals surface area contributed by atoms with Gasteiger partial charge < -0.3 is 48.6 Å². The predicted octanol–water partition coefficient (Wildman–Crippen LogP) is 13.0. The van der Waals surface area contributed by atoms with Crippen molar-refractivity contribution in [2.45, 2.75) is 216 Å². The van der Waals surface area contributed by atoms with Gasteiger partial charge in [-0.15, -0.1) is 0 Å². The van der Waals surface area contributed by atoms with E-state index in [1.165, 1.54) is 101 Å². The fourth-order valence-electron chi connectivity index (χ4n) is 13.2. The monoisotopic (exact) mass is 1130 g/mol. The van der Waals surface area contributed by atoms with Crippen molar-refractivity contribution in [3.05, 3.63) is 139 Å². The zero-order chi connectivity index (χ0) is 55.3. The minimum absolute atomic E-state index is 0.0904. The van der Waals surface area contributed by atoms with Crippen LogP contribution in [0.4, 0.5) is 0 Å². The van der Waals surface area contributed by atoms with Crippen LogP contribution < -0.4 is 0 Å². The van der Waals surface area contributed by atoms with E-state index in [1.54, 1.807) is 18.2 Å². The molecule has 0 amide bonds. The van der Waals surface area contributed by atoms with Crippen molar-refractivity contribution in [2.24, 2.45) is 16.7 Å². The van der Waals surface area contributed by atoms with Crippen molar-refractivity contribution in [2.75, 3.05) is 13.7 Å². The summed E-state index contributed by atoms with van der Waals surface area (Å²) in [5, 5.41) is 54.8. The number of halogens is 2. The molecule has 10 atom stereocenters. The van der Waals surface area contributed by atoms with Crippen molar-refractivity contribution in [1.29, 1.82) is 0 Å². The number of aliphatic hydroxyl groups excluding tert-OH is 4. The Morgan fingerprint density at radius 1 is 0.597 bits per heavy atom. The minimum Gasteiger partial charge on any atom is -0.412 e. The quantitative estimate of drug-likeness (QED) is 0.0729. The van der Waals surface area contributed by atoms with Gasteiger partial charge in [0.1, 0.15) is 30.5 Å². The Kier molecular flexibility index (Phi) is 18.0. The molecule has 10 rings (SSSR count). The molecular formula is C63H88Cl2O10Si2. The second-order valence-corrected chi connectivity index (χ2v) is 35.8. The highest BCUT2D eigenvalue weighted by Gasteiger charge is 2.57. The lowest BCUT2D eigenvalue weighted by Crippen LogP contribution is -2.64. The molecule has 0 aromatic heterocycles. The van der Waals surface area contributed by atoms with Gasteiger partial charge in [-0.05, 0) is 216 Å². The van der Waals surface area contributed by atoms with Crippen LogP contribution in [0.3, 0.4) is 0 Å². The maximum Gasteiger partial charge on any atom is 0.224 e. The lowest BCUT2D eigenvalue weighted by Gasteiger charge is -2.53. The average molecular weight is 1130 g/mol. The molecule has 4 saturated carbocycles. The number of benzene rings is 4. The number of methoxy groups -OCH3 is 1. The summed E-state index contributed by atoms with van der Waals surface area (Å²) in [4.78, 5) is 0. The lowest BCUT2D eigenvalue weighted by atomic mass is 9.77. The molecule has 2 heterocycles. The van der Waals surface area contributed by atoms with Crippen LogP contribution in [0.1, 0.15) is 154 Å². The van der Waals surface area contributed by atoms with Crippen molar-refractivity contribution in [3.8, 4) is 0 Å². The smallest absolute Gasteiger partial charge is 0.224 e. The molecule has 77 heavy (non-hydrogen) atoms. The Balaban J connectivity index is 0.000000191. The maximum absolute atomic E-state index is 12.5. The fraction of sp³-hybridized carbons (Fsp3) is 0.619. The molecule has 6 fully saturated rings. The van der Waals surface area contributed by atoms with Gasteiger partial charge in [0.05, 0.1) is 18.8 Å². The van der Waals surface area contributed by atoms with E-state index >= 15 is 0 Å². The van der Waals surface area contributed by atoms with Crippen LogP contribution in [0.15, 0.2) is 84.9 Å². The first kappa shape index (κ1) is 59.1. The molecule has 422 valence electrons. The highest BCUT2D eigenvalue weighted by atomic mass is 35.5. The first-order valence-electron chi connectivity index (χ1n) is 28.8. The van der Waals surface area contributed by atoms with Crippen molar-refractivity contribution < 1.29 is 48.6 Å². The van der Waals surface area contributed by atoms with Gasteiger partial charge in [0.15, 0.2) is 16.6 Å². The molecule has 4 aromatic carbocycles. The molecular weight excluding hydrogens is 1040 g/mol. The van der Waals surface area contributed by atoms with Gasteiger partial charge in [-0.2, -0.15) is 0 Å². The zero-order valence-corrected chi connectivity index (χ0v) is 50.7. The molecule has 0 radical (unpaired) electrons. The molecule has 5 N–H and O–H groups in total. The second-order valence-electron chi connectivity index (χ2n) is 26.1. The third-order valence-corrected chi connectivity index (χ3v) is 21.0. The van der Waals surface area contributed by atoms with Crippen LogP contribution in [0.2, 0.25) is 49.3 Å². The van der Waals surface area contributed by atoms with Crippen LogP contribution in [0, 0.1) is 16.7 Å². The first-order chi connectivity index (χ1) is 36.4. The van der Waals surface area contributed by atoms with Crippen LogP contribution in [0.25, 0.3) is 0 Å². The van der Waals surface area contributed by atoms with Gasteiger partial charge in [-0.1, -0.05) is 97.7 Å². The van der Waals surface area contributed by atoms with E-state index in [4.69, 9.17) is 46.3 Å². The van der Waals surface area contributed by atoms with Crippen LogP contribution in [0.5, 0.6) is 0 Å². The molecule has 2 aliphatic heterocycles. The van der Waals surface area contributed by atoms with E-state index in [2.05, 4.69) is 102 Å².